The summed E-state index contributed by atoms with van der Waals surface area (Å²) in [4.78, 5) is 12.4. The van der Waals surface area contributed by atoms with Crippen LogP contribution in [0.5, 0.6) is 0 Å². The molecule has 144 valence electrons. The number of carbonyl (C=O) groups excluding carboxylic acids is 1. The van der Waals surface area contributed by atoms with Crippen molar-refractivity contribution in [1.82, 2.24) is 20.3 Å². The first-order chi connectivity index (χ1) is 13.5. The normalized spacial score (nSPS) is 15.9. The number of fused-ring (bicyclic) bond motifs is 1. The standard InChI is InChI=1S/C20H18F2N4O2/c1-12-2-4-14(5-3-12)18-10-26-17(11-28-18)19(24-25-26)20(27)23-9-13-6-15(21)8-16(22)7-13/h2-8,18H,9-11H2,1H3,(H,23,27)/t18-/m1/s1. The average molecular weight is 384 g/mol. The van der Waals surface area contributed by atoms with Gasteiger partial charge in [-0.05, 0) is 30.2 Å². The Morgan fingerprint density at radius 1 is 1.21 bits per heavy atom. The second-order valence-corrected chi connectivity index (χ2v) is 6.74. The third-order valence-corrected chi connectivity index (χ3v) is 4.64. The highest BCUT2D eigenvalue weighted by Gasteiger charge is 2.27. The molecule has 1 aliphatic heterocycles. The number of nitrogens with one attached hydrogen (secondary N) is 1. The summed E-state index contributed by atoms with van der Waals surface area (Å²) >= 11 is 0. The fraction of sp³-hybridized carbons (Fsp3) is 0.250. The Balaban J connectivity index is 1.45. The number of aromatic nitrogens is 3. The number of aryl methyl sites for hydroxylation is 1. The Bertz CT molecular complexity index is 997. The van der Waals surface area contributed by atoms with E-state index in [1.54, 1.807) is 4.68 Å². The van der Waals surface area contributed by atoms with Crippen molar-refractivity contribution in [3.8, 4) is 0 Å². The minimum Gasteiger partial charge on any atom is -0.365 e. The van der Waals surface area contributed by atoms with E-state index in [0.717, 1.165) is 17.2 Å². The number of hydrogen-bond donors (Lipinski definition) is 1. The Kier molecular flexibility index (Phi) is 4.87. The van der Waals surface area contributed by atoms with Gasteiger partial charge < -0.3 is 10.1 Å². The molecule has 2 aromatic carbocycles. The van der Waals surface area contributed by atoms with Crippen LogP contribution in [0, 0.1) is 18.6 Å². The van der Waals surface area contributed by atoms with E-state index in [9.17, 15) is 13.6 Å². The number of benzene rings is 2. The number of rotatable bonds is 4. The van der Waals surface area contributed by atoms with E-state index in [-0.39, 0.29) is 24.9 Å². The van der Waals surface area contributed by atoms with Gasteiger partial charge in [-0.15, -0.1) is 5.10 Å². The molecule has 0 radical (unpaired) electrons. The van der Waals surface area contributed by atoms with Gasteiger partial charge in [-0.2, -0.15) is 0 Å². The molecule has 0 saturated carbocycles. The highest BCUT2D eigenvalue weighted by Crippen LogP contribution is 2.27. The van der Waals surface area contributed by atoms with Crippen LogP contribution in [0.2, 0.25) is 0 Å². The number of amides is 1. The molecule has 1 atom stereocenters. The lowest BCUT2D eigenvalue weighted by molar-refractivity contribution is -0.00177. The summed E-state index contributed by atoms with van der Waals surface area (Å²) in [6.45, 7) is 2.65. The maximum absolute atomic E-state index is 13.3. The molecule has 1 aliphatic rings. The molecular formula is C20H18F2N4O2. The molecule has 0 unspecified atom stereocenters. The topological polar surface area (TPSA) is 69.0 Å². The Labute approximate surface area is 160 Å². The first-order valence-corrected chi connectivity index (χ1v) is 8.83. The Hall–Kier alpha value is -3.13. The van der Waals surface area contributed by atoms with Crippen LogP contribution in [-0.4, -0.2) is 20.9 Å². The zero-order valence-corrected chi connectivity index (χ0v) is 15.2. The van der Waals surface area contributed by atoms with Gasteiger partial charge >= 0.3 is 0 Å². The Morgan fingerprint density at radius 3 is 2.64 bits per heavy atom. The fourth-order valence-electron chi connectivity index (χ4n) is 3.15. The van der Waals surface area contributed by atoms with Gasteiger partial charge in [0.1, 0.15) is 17.7 Å². The molecular weight excluding hydrogens is 366 g/mol. The number of carbonyl (C=O) groups is 1. The van der Waals surface area contributed by atoms with Crippen molar-refractivity contribution >= 4 is 5.91 Å². The highest BCUT2D eigenvalue weighted by molar-refractivity contribution is 5.93. The molecule has 3 aromatic rings. The van der Waals surface area contributed by atoms with Crippen molar-refractivity contribution in [1.29, 1.82) is 0 Å². The lowest BCUT2D eigenvalue weighted by Gasteiger charge is -2.24. The second kappa shape index (κ2) is 7.47. The van der Waals surface area contributed by atoms with Gasteiger partial charge in [-0.1, -0.05) is 35.0 Å². The summed E-state index contributed by atoms with van der Waals surface area (Å²) in [6.07, 6.45) is -0.166. The summed E-state index contributed by atoms with van der Waals surface area (Å²) in [7, 11) is 0. The van der Waals surface area contributed by atoms with Crippen LogP contribution < -0.4 is 5.32 Å². The molecule has 0 aliphatic carbocycles. The number of hydrogen-bond acceptors (Lipinski definition) is 4. The molecule has 0 fully saturated rings. The van der Waals surface area contributed by atoms with E-state index in [2.05, 4.69) is 15.6 Å². The van der Waals surface area contributed by atoms with E-state index in [0.29, 0.717) is 17.8 Å². The van der Waals surface area contributed by atoms with Crippen LogP contribution in [0.3, 0.4) is 0 Å². The maximum Gasteiger partial charge on any atom is 0.274 e. The van der Waals surface area contributed by atoms with Gasteiger partial charge in [-0.25, -0.2) is 13.5 Å². The summed E-state index contributed by atoms with van der Waals surface area (Å²) in [5.74, 6) is -1.86. The first-order valence-electron chi connectivity index (χ1n) is 8.83. The molecule has 1 aromatic heterocycles. The molecule has 28 heavy (non-hydrogen) atoms. The predicted octanol–water partition coefficient (Wildman–Crippen LogP) is 3.07. The third kappa shape index (κ3) is 3.77. The molecule has 2 heterocycles. The zero-order valence-electron chi connectivity index (χ0n) is 15.2. The van der Waals surface area contributed by atoms with Gasteiger partial charge in [0.2, 0.25) is 0 Å². The molecule has 8 heteroatoms. The monoisotopic (exact) mass is 384 g/mol. The van der Waals surface area contributed by atoms with E-state index < -0.39 is 17.5 Å². The number of ether oxygens (including phenoxy) is 1. The lowest BCUT2D eigenvalue weighted by atomic mass is 10.1. The molecule has 6 nitrogen and oxygen atoms in total. The maximum atomic E-state index is 13.3. The van der Waals surface area contributed by atoms with E-state index in [1.807, 2.05) is 31.2 Å². The number of nitrogens with zero attached hydrogens (tertiary/aromatic N) is 3. The summed E-state index contributed by atoms with van der Waals surface area (Å²) in [6, 6.07) is 11.2. The molecule has 0 saturated heterocycles. The van der Waals surface area contributed by atoms with E-state index >= 15 is 0 Å². The largest absolute Gasteiger partial charge is 0.365 e. The van der Waals surface area contributed by atoms with Crippen LogP contribution in [0.4, 0.5) is 8.78 Å². The molecule has 1 N–H and O–H groups in total. The van der Waals surface area contributed by atoms with E-state index in [1.165, 1.54) is 12.1 Å². The average Bonchev–Trinajstić information content (AvgIpc) is 3.09. The van der Waals surface area contributed by atoms with Crippen LogP contribution in [0.25, 0.3) is 0 Å². The van der Waals surface area contributed by atoms with Crippen molar-refractivity contribution in [2.75, 3.05) is 0 Å². The van der Waals surface area contributed by atoms with Gasteiger partial charge in [0, 0.05) is 12.6 Å². The molecule has 4 rings (SSSR count). The summed E-state index contributed by atoms with van der Waals surface area (Å²) in [5, 5.41) is 10.6. The summed E-state index contributed by atoms with van der Waals surface area (Å²) in [5.41, 5.74) is 3.25. The smallest absolute Gasteiger partial charge is 0.274 e. The van der Waals surface area contributed by atoms with Gasteiger partial charge in [0.25, 0.3) is 5.91 Å². The van der Waals surface area contributed by atoms with Crippen molar-refractivity contribution in [3.05, 3.63) is 82.2 Å². The van der Waals surface area contributed by atoms with Crippen LogP contribution >= 0.6 is 0 Å². The molecule has 0 spiro atoms. The van der Waals surface area contributed by atoms with Gasteiger partial charge in [0.05, 0.1) is 18.8 Å². The predicted molar refractivity (Wildman–Crippen MR) is 96.3 cm³/mol. The van der Waals surface area contributed by atoms with Crippen LogP contribution in [0.15, 0.2) is 42.5 Å². The quantitative estimate of drug-likeness (QED) is 0.751. The zero-order chi connectivity index (χ0) is 19.7. The van der Waals surface area contributed by atoms with Gasteiger partial charge in [-0.3, -0.25) is 4.79 Å². The Morgan fingerprint density at radius 2 is 1.93 bits per heavy atom. The summed E-state index contributed by atoms with van der Waals surface area (Å²) < 4.78 is 34.1. The fourth-order valence-corrected chi connectivity index (χ4v) is 3.15. The van der Waals surface area contributed by atoms with Crippen molar-refractivity contribution in [2.24, 2.45) is 0 Å². The van der Waals surface area contributed by atoms with Crippen molar-refractivity contribution in [2.45, 2.75) is 32.7 Å². The second-order valence-electron chi connectivity index (χ2n) is 6.74. The lowest BCUT2D eigenvalue weighted by Crippen LogP contribution is -2.27. The highest BCUT2D eigenvalue weighted by atomic mass is 19.1. The minimum atomic E-state index is -0.694. The van der Waals surface area contributed by atoms with Gasteiger partial charge in [0.15, 0.2) is 5.69 Å². The first kappa shape index (κ1) is 18.2. The van der Waals surface area contributed by atoms with Crippen LogP contribution in [0.1, 0.15) is 39.0 Å². The van der Waals surface area contributed by atoms with Crippen molar-refractivity contribution in [3.63, 3.8) is 0 Å². The third-order valence-electron chi connectivity index (χ3n) is 4.64. The van der Waals surface area contributed by atoms with E-state index in [4.69, 9.17) is 4.74 Å². The SMILES string of the molecule is Cc1ccc([C@H]2Cn3nnc(C(=O)NCc4cc(F)cc(F)c4)c3CO2)cc1. The van der Waals surface area contributed by atoms with Crippen LogP contribution in [-0.2, 0) is 24.4 Å². The van der Waals surface area contributed by atoms with Crippen molar-refractivity contribution < 1.29 is 18.3 Å². The molecule has 1 amide bonds. The minimum absolute atomic E-state index is 0.0212. The molecule has 0 bridgehead atoms. The number of halogens is 2.